The van der Waals surface area contributed by atoms with Crippen molar-refractivity contribution in [1.29, 1.82) is 0 Å². The maximum atomic E-state index is 11.5. The number of phenolic OH excluding ortho intramolecular Hbond substituents is 1. The standard InChI is InChI=1S/C12H18N2O3/c1-3-6-13-8-12(16)14-10-7-9(17-2)4-5-11(10)15/h4-5,7,13,15H,3,6,8H2,1-2H3,(H,14,16). The summed E-state index contributed by atoms with van der Waals surface area (Å²) in [5.74, 6) is 0.413. The van der Waals surface area contributed by atoms with Gasteiger partial charge in [0.05, 0.1) is 19.3 Å². The maximum Gasteiger partial charge on any atom is 0.238 e. The van der Waals surface area contributed by atoms with Crippen LogP contribution in [-0.4, -0.2) is 31.2 Å². The number of benzene rings is 1. The van der Waals surface area contributed by atoms with Crippen molar-refractivity contribution < 1.29 is 14.6 Å². The highest BCUT2D eigenvalue weighted by Crippen LogP contribution is 2.27. The van der Waals surface area contributed by atoms with Gasteiger partial charge in [0.1, 0.15) is 11.5 Å². The van der Waals surface area contributed by atoms with E-state index in [4.69, 9.17) is 4.74 Å². The Balaban J connectivity index is 2.57. The van der Waals surface area contributed by atoms with E-state index in [0.29, 0.717) is 11.4 Å². The van der Waals surface area contributed by atoms with Crippen molar-refractivity contribution in [2.75, 3.05) is 25.5 Å². The molecule has 1 aromatic carbocycles. The van der Waals surface area contributed by atoms with Crippen LogP contribution in [0.3, 0.4) is 0 Å². The molecule has 5 nitrogen and oxygen atoms in total. The number of ether oxygens (including phenoxy) is 1. The van der Waals surface area contributed by atoms with Gasteiger partial charge in [0.25, 0.3) is 0 Å². The van der Waals surface area contributed by atoms with E-state index in [1.807, 2.05) is 6.92 Å². The summed E-state index contributed by atoms with van der Waals surface area (Å²) in [6.45, 7) is 3.04. The number of amides is 1. The minimum absolute atomic E-state index is 0.0228. The van der Waals surface area contributed by atoms with Gasteiger partial charge in [-0.1, -0.05) is 6.92 Å². The molecule has 0 saturated heterocycles. The monoisotopic (exact) mass is 238 g/mol. The van der Waals surface area contributed by atoms with Crippen molar-refractivity contribution in [2.45, 2.75) is 13.3 Å². The molecule has 5 heteroatoms. The van der Waals surface area contributed by atoms with E-state index >= 15 is 0 Å². The van der Waals surface area contributed by atoms with E-state index in [1.54, 1.807) is 12.1 Å². The van der Waals surface area contributed by atoms with Crippen LogP contribution in [0, 0.1) is 0 Å². The summed E-state index contributed by atoms with van der Waals surface area (Å²) in [6, 6.07) is 4.68. The van der Waals surface area contributed by atoms with Gasteiger partial charge in [-0.3, -0.25) is 4.79 Å². The fourth-order valence-electron chi connectivity index (χ4n) is 1.32. The van der Waals surface area contributed by atoms with E-state index in [2.05, 4.69) is 10.6 Å². The molecule has 0 atom stereocenters. The molecule has 0 heterocycles. The van der Waals surface area contributed by atoms with Crippen LogP contribution in [0.4, 0.5) is 5.69 Å². The molecule has 1 amide bonds. The number of anilines is 1. The first-order valence-electron chi connectivity index (χ1n) is 5.55. The molecule has 0 saturated carbocycles. The second-order valence-electron chi connectivity index (χ2n) is 3.61. The zero-order valence-corrected chi connectivity index (χ0v) is 10.1. The van der Waals surface area contributed by atoms with Crippen molar-refractivity contribution in [3.05, 3.63) is 18.2 Å². The molecule has 0 radical (unpaired) electrons. The Hall–Kier alpha value is -1.75. The molecule has 94 valence electrons. The normalized spacial score (nSPS) is 10.0. The number of phenols is 1. The van der Waals surface area contributed by atoms with Gasteiger partial charge in [0.15, 0.2) is 0 Å². The Bertz CT molecular complexity index is 380. The third-order valence-corrected chi connectivity index (χ3v) is 2.19. The Kier molecular flexibility index (Phi) is 5.29. The number of aromatic hydroxyl groups is 1. The van der Waals surface area contributed by atoms with Gasteiger partial charge in [0, 0.05) is 6.07 Å². The molecular formula is C12H18N2O3. The van der Waals surface area contributed by atoms with Crippen LogP contribution in [0.5, 0.6) is 11.5 Å². The highest BCUT2D eigenvalue weighted by Gasteiger charge is 2.07. The lowest BCUT2D eigenvalue weighted by Crippen LogP contribution is -2.28. The zero-order valence-electron chi connectivity index (χ0n) is 10.1. The summed E-state index contributed by atoms with van der Waals surface area (Å²) >= 11 is 0. The average Bonchev–Trinajstić information content (AvgIpc) is 2.32. The lowest BCUT2D eigenvalue weighted by molar-refractivity contribution is -0.115. The lowest BCUT2D eigenvalue weighted by Gasteiger charge is -2.09. The van der Waals surface area contributed by atoms with Gasteiger partial charge in [-0.05, 0) is 25.1 Å². The molecule has 0 spiro atoms. The van der Waals surface area contributed by atoms with Gasteiger partial charge in [-0.25, -0.2) is 0 Å². The second kappa shape index (κ2) is 6.75. The molecule has 0 aliphatic heterocycles. The number of carbonyl (C=O) groups is 1. The quantitative estimate of drug-likeness (QED) is 0.516. The third kappa shape index (κ3) is 4.32. The molecule has 0 aromatic heterocycles. The van der Waals surface area contributed by atoms with Gasteiger partial charge in [-0.15, -0.1) is 0 Å². The van der Waals surface area contributed by atoms with Crippen LogP contribution >= 0.6 is 0 Å². The SMILES string of the molecule is CCCNCC(=O)Nc1cc(OC)ccc1O. The fraction of sp³-hybridized carbons (Fsp3) is 0.417. The Morgan fingerprint density at radius 1 is 1.47 bits per heavy atom. The summed E-state index contributed by atoms with van der Waals surface area (Å²) in [4.78, 5) is 11.5. The van der Waals surface area contributed by atoms with Crippen molar-refractivity contribution in [1.82, 2.24) is 5.32 Å². The number of hydrogen-bond donors (Lipinski definition) is 3. The zero-order chi connectivity index (χ0) is 12.7. The Morgan fingerprint density at radius 2 is 2.24 bits per heavy atom. The highest BCUT2D eigenvalue weighted by molar-refractivity contribution is 5.93. The molecule has 0 fully saturated rings. The van der Waals surface area contributed by atoms with E-state index in [1.165, 1.54) is 13.2 Å². The number of hydrogen-bond acceptors (Lipinski definition) is 4. The molecule has 0 unspecified atom stereocenters. The largest absolute Gasteiger partial charge is 0.506 e. The number of methoxy groups -OCH3 is 1. The molecule has 1 aromatic rings. The topological polar surface area (TPSA) is 70.6 Å². The lowest BCUT2D eigenvalue weighted by atomic mass is 10.2. The van der Waals surface area contributed by atoms with Gasteiger partial charge >= 0.3 is 0 Å². The Labute approximate surface area is 101 Å². The number of carbonyl (C=O) groups excluding carboxylic acids is 1. The van der Waals surface area contributed by atoms with Crippen molar-refractivity contribution in [3.63, 3.8) is 0 Å². The first kappa shape index (κ1) is 13.3. The van der Waals surface area contributed by atoms with Crippen LogP contribution < -0.4 is 15.4 Å². The molecule has 0 aliphatic carbocycles. The summed E-state index contributed by atoms with van der Waals surface area (Å²) in [5, 5.41) is 15.2. The number of nitrogens with one attached hydrogen (secondary N) is 2. The van der Waals surface area contributed by atoms with Crippen LogP contribution in [0.1, 0.15) is 13.3 Å². The average molecular weight is 238 g/mol. The molecule has 1 rings (SSSR count). The van der Waals surface area contributed by atoms with E-state index in [9.17, 15) is 9.90 Å². The van der Waals surface area contributed by atoms with E-state index in [-0.39, 0.29) is 18.2 Å². The van der Waals surface area contributed by atoms with Crippen molar-refractivity contribution in [3.8, 4) is 11.5 Å². The van der Waals surface area contributed by atoms with Gasteiger partial charge in [-0.2, -0.15) is 0 Å². The van der Waals surface area contributed by atoms with E-state index < -0.39 is 0 Å². The molecule has 0 bridgehead atoms. The van der Waals surface area contributed by atoms with Crippen LogP contribution in [0.15, 0.2) is 18.2 Å². The predicted molar refractivity (Wildman–Crippen MR) is 66.4 cm³/mol. The van der Waals surface area contributed by atoms with Crippen LogP contribution in [0.25, 0.3) is 0 Å². The smallest absolute Gasteiger partial charge is 0.238 e. The van der Waals surface area contributed by atoms with E-state index in [0.717, 1.165) is 13.0 Å². The summed E-state index contributed by atoms with van der Waals surface area (Å²) in [7, 11) is 1.53. The number of rotatable bonds is 6. The summed E-state index contributed by atoms with van der Waals surface area (Å²) in [5.41, 5.74) is 0.354. The first-order valence-corrected chi connectivity index (χ1v) is 5.55. The molecule has 0 aliphatic rings. The highest BCUT2D eigenvalue weighted by atomic mass is 16.5. The molecular weight excluding hydrogens is 220 g/mol. The van der Waals surface area contributed by atoms with Crippen molar-refractivity contribution >= 4 is 11.6 Å². The summed E-state index contributed by atoms with van der Waals surface area (Å²) in [6.07, 6.45) is 0.970. The minimum Gasteiger partial charge on any atom is -0.506 e. The second-order valence-corrected chi connectivity index (χ2v) is 3.61. The maximum absolute atomic E-state index is 11.5. The first-order chi connectivity index (χ1) is 8.17. The van der Waals surface area contributed by atoms with Gasteiger partial charge < -0.3 is 20.5 Å². The third-order valence-electron chi connectivity index (χ3n) is 2.19. The molecule has 17 heavy (non-hydrogen) atoms. The fourth-order valence-corrected chi connectivity index (χ4v) is 1.32. The predicted octanol–water partition coefficient (Wildman–Crippen LogP) is 1.34. The van der Waals surface area contributed by atoms with Gasteiger partial charge in [0.2, 0.25) is 5.91 Å². The Morgan fingerprint density at radius 3 is 2.88 bits per heavy atom. The minimum atomic E-state index is -0.193. The summed E-state index contributed by atoms with van der Waals surface area (Å²) < 4.78 is 5.01. The van der Waals surface area contributed by atoms with Crippen LogP contribution in [0.2, 0.25) is 0 Å². The van der Waals surface area contributed by atoms with Crippen LogP contribution in [-0.2, 0) is 4.79 Å². The van der Waals surface area contributed by atoms with Crippen molar-refractivity contribution in [2.24, 2.45) is 0 Å². The molecule has 3 N–H and O–H groups in total.